The Bertz CT molecular complexity index is 519. The number of halogens is 1. The average Bonchev–Trinajstić information content (AvgIpc) is 2.76. The molecule has 5 nitrogen and oxygen atoms in total. The molecule has 1 aromatic rings. The lowest BCUT2D eigenvalue weighted by Crippen LogP contribution is -2.53. The number of carboxylic acids is 1. The van der Waals surface area contributed by atoms with Gasteiger partial charge in [0.25, 0.3) is 0 Å². The first-order valence-corrected chi connectivity index (χ1v) is 7.30. The third-order valence-electron chi connectivity index (χ3n) is 3.52. The molecule has 20 heavy (non-hydrogen) atoms. The number of rotatable bonds is 3. The van der Waals surface area contributed by atoms with Crippen LogP contribution in [-0.2, 0) is 4.79 Å². The number of amides is 2. The molecule has 1 saturated carbocycles. The van der Waals surface area contributed by atoms with Crippen molar-refractivity contribution < 1.29 is 14.7 Å². The minimum atomic E-state index is -1.12. The van der Waals surface area contributed by atoms with Crippen LogP contribution < -0.4 is 10.6 Å². The van der Waals surface area contributed by atoms with E-state index in [0.29, 0.717) is 18.5 Å². The molecule has 0 aliphatic heterocycles. The second kappa shape index (κ2) is 5.83. The number of hydrogen-bond donors (Lipinski definition) is 3. The maximum atomic E-state index is 12.0. The van der Waals surface area contributed by atoms with Crippen LogP contribution in [0.1, 0.15) is 31.2 Å². The molecule has 1 fully saturated rings. The second-order valence-electron chi connectivity index (χ2n) is 5.19. The molecule has 0 bridgehead atoms. The number of carbonyl (C=O) groups excluding carboxylic acids is 1. The van der Waals surface area contributed by atoms with Gasteiger partial charge in [-0.1, -0.05) is 28.8 Å². The molecule has 2 amide bonds. The number of urea groups is 1. The van der Waals surface area contributed by atoms with E-state index in [4.69, 9.17) is 0 Å². The Balaban J connectivity index is 2.06. The van der Waals surface area contributed by atoms with Gasteiger partial charge >= 0.3 is 12.0 Å². The first-order valence-electron chi connectivity index (χ1n) is 6.51. The summed E-state index contributed by atoms with van der Waals surface area (Å²) in [4.78, 5) is 23.4. The lowest BCUT2D eigenvalue weighted by Gasteiger charge is -2.25. The predicted molar refractivity (Wildman–Crippen MR) is 79.9 cm³/mol. The first-order chi connectivity index (χ1) is 9.41. The Morgan fingerprint density at radius 1 is 1.25 bits per heavy atom. The molecule has 1 aliphatic carbocycles. The van der Waals surface area contributed by atoms with Gasteiger partial charge in [-0.2, -0.15) is 0 Å². The number of carbonyl (C=O) groups is 2. The first kappa shape index (κ1) is 14.8. The third-order valence-corrected chi connectivity index (χ3v) is 3.98. The number of aliphatic carboxylic acids is 1. The molecule has 1 aromatic carbocycles. The van der Waals surface area contributed by atoms with Gasteiger partial charge in [-0.3, -0.25) is 0 Å². The maximum absolute atomic E-state index is 12.0. The van der Waals surface area contributed by atoms with Gasteiger partial charge in [-0.15, -0.1) is 0 Å². The molecule has 0 saturated heterocycles. The van der Waals surface area contributed by atoms with Crippen LogP contribution in [0.5, 0.6) is 0 Å². The zero-order chi connectivity index (χ0) is 14.8. The van der Waals surface area contributed by atoms with Gasteiger partial charge in [0, 0.05) is 10.2 Å². The zero-order valence-electron chi connectivity index (χ0n) is 11.2. The van der Waals surface area contributed by atoms with Crippen LogP contribution >= 0.6 is 15.9 Å². The van der Waals surface area contributed by atoms with Gasteiger partial charge in [0.15, 0.2) is 0 Å². The number of hydrogen-bond acceptors (Lipinski definition) is 2. The summed E-state index contributed by atoms with van der Waals surface area (Å²) in [7, 11) is 0. The molecule has 0 spiro atoms. The molecule has 0 aromatic heterocycles. The summed E-state index contributed by atoms with van der Waals surface area (Å²) in [5, 5.41) is 14.6. The van der Waals surface area contributed by atoms with Crippen molar-refractivity contribution in [2.45, 2.75) is 38.1 Å². The second-order valence-corrected chi connectivity index (χ2v) is 6.11. The minimum absolute atomic E-state index is 0.479. The SMILES string of the molecule is Cc1cc(Br)cc(NC(=O)NC2(C(=O)O)CCCC2)c1. The molecule has 6 heteroatoms. The average molecular weight is 341 g/mol. The van der Waals surface area contributed by atoms with Crippen molar-refractivity contribution in [1.29, 1.82) is 0 Å². The van der Waals surface area contributed by atoms with Gasteiger partial charge in [0.05, 0.1) is 0 Å². The van der Waals surface area contributed by atoms with Crippen LogP contribution in [0.3, 0.4) is 0 Å². The fourth-order valence-corrected chi connectivity index (χ4v) is 3.17. The van der Waals surface area contributed by atoms with E-state index in [-0.39, 0.29) is 0 Å². The van der Waals surface area contributed by atoms with E-state index in [1.165, 1.54) is 0 Å². The molecule has 0 radical (unpaired) electrons. The van der Waals surface area contributed by atoms with E-state index < -0.39 is 17.5 Å². The Hall–Kier alpha value is -1.56. The smallest absolute Gasteiger partial charge is 0.329 e. The Morgan fingerprint density at radius 3 is 2.45 bits per heavy atom. The van der Waals surface area contributed by atoms with E-state index in [0.717, 1.165) is 22.9 Å². The van der Waals surface area contributed by atoms with Crippen molar-refractivity contribution >= 4 is 33.6 Å². The Kier molecular flexibility index (Phi) is 4.32. The molecule has 0 unspecified atom stereocenters. The molecule has 0 heterocycles. The summed E-state index contributed by atoms with van der Waals surface area (Å²) < 4.78 is 0.863. The van der Waals surface area contributed by atoms with Gasteiger partial charge in [0.2, 0.25) is 0 Å². The summed E-state index contributed by atoms with van der Waals surface area (Å²) in [5.74, 6) is -0.962. The fourth-order valence-electron chi connectivity index (χ4n) is 2.56. The third kappa shape index (κ3) is 3.30. The summed E-state index contributed by atoms with van der Waals surface area (Å²) in [6.45, 7) is 1.92. The molecule has 2 rings (SSSR count). The van der Waals surface area contributed by atoms with E-state index in [1.807, 2.05) is 19.1 Å². The highest BCUT2D eigenvalue weighted by Crippen LogP contribution is 2.30. The summed E-state index contributed by atoms with van der Waals surface area (Å²) >= 11 is 3.36. The fraction of sp³-hybridized carbons (Fsp3) is 0.429. The number of carboxylic acid groups (broad SMARTS) is 1. The normalized spacial score (nSPS) is 16.7. The lowest BCUT2D eigenvalue weighted by molar-refractivity contribution is -0.144. The summed E-state index contributed by atoms with van der Waals surface area (Å²) in [5.41, 5.74) is 0.516. The Labute approximate surface area is 125 Å². The molecular weight excluding hydrogens is 324 g/mol. The number of aryl methyl sites for hydroxylation is 1. The predicted octanol–water partition coefficient (Wildman–Crippen LogP) is 3.28. The van der Waals surface area contributed by atoms with Crippen molar-refractivity contribution in [3.8, 4) is 0 Å². The van der Waals surface area contributed by atoms with Gasteiger partial charge < -0.3 is 15.7 Å². The van der Waals surface area contributed by atoms with Gasteiger partial charge in [0.1, 0.15) is 5.54 Å². The maximum Gasteiger partial charge on any atom is 0.329 e. The summed E-state index contributed by atoms with van der Waals surface area (Å²) in [6.07, 6.45) is 2.60. The van der Waals surface area contributed by atoms with Crippen LogP contribution in [0.2, 0.25) is 0 Å². The van der Waals surface area contributed by atoms with E-state index in [1.54, 1.807) is 6.07 Å². The number of nitrogens with one attached hydrogen (secondary N) is 2. The quantitative estimate of drug-likeness (QED) is 0.789. The molecule has 1 aliphatic rings. The van der Waals surface area contributed by atoms with Crippen molar-refractivity contribution in [1.82, 2.24) is 5.32 Å². The largest absolute Gasteiger partial charge is 0.480 e. The van der Waals surface area contributed by atoms with Crippen LogP contribution in [0.4, 0.5) is 10.5 Å². The van der Waals surface area contributed by atoms with E-state index in [9.17, 15) is 14.7 Å². The highest BCUT2D eigenvalue weighted by Gasteiger charge is 2.42. The van der Waals surface area contributed by atoms with Crippen molar-refractivity contribution in [2.75, 3.05) is 5.32 Å². The van der Waals surface area contributed by atoms with Crippen LogP contribution in [-0.4, -0.2) is 22.6 Å². The van der Waals surface area contributed by atoms with Crippen LogP contribution in [0, 0.1) is 6.92 Å². The van der Waals surface area contributed by atoms with Crippen molar-refractivity contribution in [2.24, 2.45) is 0 Å². The zero-order valence-corrected chi connectivity index (χ0v) is 12.8. The monoisotopic (exact) mass is 340 g/mol. The number of benzene rings is 1. The van der Waals surface area contributed by atoms with E-state index in [2.05, 4.69) is 26.6 Å². The molecule has 108 valence electrons. The highest BCUT2D eigenvalue weighted by molar-refractivity contribution is 9.10. The van der Waals surface area contributed by atoms with Crippen LogP contribution in [0.15, 0.2) is 22.7 Å². The molecule has 0 atom stereocenters. The van der Waals surface area contributed by atoms with Gasteiger partial charge in [-0.25, -0.2) is 9.59 Å². The topological polar surface area (TPSA) is 78.4 Å². The number of anilines is 1. The Morgan fingerprint density at radius 2 is 1.90 bits per heavy atom. The van der Waals surface area contributed by atoms with Crippen LogP contribution in [0.25, 0.3) is 0 Å². The lowest BCUT2D eigenvalue weighted by atomic mass is 9.98. The van der Waals surface area contributed by atoms with Crippen molar-refractivity contribution in [3.05, 3.63) is 28.2 Å². The standard InChI is InChI=1S/C14H17BrN2O3/c1-9-6-10(15)8-11(7-9)16-13(20)17-14(12(18)19)4-2-3-5-14/h6-8H,2-5H2,1H3,(H,18,19)(H2,16,17,20). The highest BCUT2D eigenvalue weighted by atomic mass is 79.9. The molecular formula is C14H17BrN2O3. The minimum Gasteiger partial charge on any atom is -0.480 e. The van der Waals surface area contributed by atoms with Crippen molar-refractivity contribution in [3.63, 3.8) is 0 Å². The molecule has 3 N–H and O–H groups in total. The van der Waals surface area contributed by atoms with Gasteiger partial charge in [-0.05, 0) is 43.5 Å². The van der Waals surface area contributed by atoms with E-state index >= 15 is 0 Å². The summed E-state index contributed by atoms with van der Waals surface area (Å²) in [6, 6.07) is 5.05.